The van der Waals surface area contributed by atoms with Gasteiger partial charge >= 0.3 is 35.9 Å². The van der Waals surface area contributed by atoms with E-state index in [1.165, 1.54) is 60.3 Å². The van der Waals surface area contributed by atoms with Gasteiger partial charge in [-0.25, -0.2) is 34.8 Å². The zero-order valence-corrected chi connectivity index (χ0v) is 58.1. The number of carbonyl (C=O) groups is 12. The number of nitrogens with zero attached hydrogens (tertiary/aromatic N) is 6. The normalized spacial score (nSPS) is 12.3. The molecule has 0 aliphatic rings. The zero-order chi connectivity index (χ0) is 76.0. The van der Waals surface area contributed by atoms with Gasteiger partial charge in [-0.2, -0.15) is 0 Å². The van der Waals surface area contributed by atoms with Gasteiger partial charge in [0, 0.05) is 124 Å². The van der Waals surface area contributed by atoms with Gasteiger partial charge < -0.3 is 98.7 Å². The highest BCUT2D eigenvalue weighted by atomic mass is 16.6. The van der Waals surface area contributed by atoms with Crippen LogP contribution in [-0.2, 0) is 62.2 Å². The standard InChI is InChI=1S/C11H24N4O3.2C10H22N4O3.C9H20N4O3.C8H18N4O3.C7H16N4O3/c1-3-18-11(17)8-15(2)14-10(16)7-9(13)5-4-6-12;1-14(7-10(16)17)13-9(15)6-8(12)4-2-3-5-11;1-3-17-10(16)14(2)13-9(15)7-8(12)5-4-6-11;1-13(6-9(15)16)12-8(14)5-7(11)3-2-4-10;1-12(5-8(14)15)11-7(13)4-6(10)2-3-9;1-11(4-7(13)14)10-6(12)2-5(9)3-8/h9H,3-8,12-13H2,1-2H3,(H,14,16);8H,2-7,11-12H2,1H3,(H,13,15)(H,16,17);8H,3-7,11-12H2,1-2H3,(H,13,15);7H,2-6,10-11H2,1H3,(H,12,14)(H,15,16);6H,2-5,9-10H2,1H3,(H,11,13)(H,14,15);5H,2-4,8-9H2,1H3,(H,10,12)(H,13,14)/t9-;2*8-;7-;6-;5-/m000001/s1. The Morgan fingerprint density at radius 1 is 0.330 bits per heavy atom. The summed E-state index contributed by atoms with van der Waals surface area (Å²) in [5.74, 6) is -6.15. The molecular formula is C55H122N24O18. The van der Waals surface area contributed by atoms with Crippen LogP contribution in [0.25, 0.3) is 0 Å². The first-order valence-electron chi connectivity index (χ1n) is 31.3. The molecule has 570 valence electrons. The van der Waals surface area contributed by atoms with E-state index < -0.39 is 36.0 Å². The van der Waals surface area contributed by atoms with Crippen LogP contribution in [0.4, 0.5) is 4.79 Å². The number of hydrogen-bond acceptors (Lipinski definition) is 31. The van der Waals surface area contributed by atoms with Gasteiger partial charge in [0.05, 0.1) is 13.2 Å². The summed E-state index contributed by atoms with van der Waals surface area (Å²) in [7, 11) is 8.92. The molecule has 34 N–H and O–H groups in total. The fraction of sp³-hybridized carbons (Fsp3) is 0.782. The quantitative estimate of drug-likeness (QED) is 0.0153. The molecule has 0 aliphatic carbocycles. The third kappa shape index (κ3) is 77.6. The Morgan fingerprint density at radius 3 is 0.825 bits per heavy atom. The maximum Gasteiger partial charge on any atom is 0.428 e. The number of carboxylic acid groups (broad SMARTS) is 4. The first-order valence-corrected chi connectivity index (χ1v) is 31.3. The number of unbranched alkanes of at least 4 members (excludes halogenated alkanes) is 1. The van der Waals surface area contributed by atoms with Gasteiger partial charge in [0.15, 0.2) is 0 Å². The van der Waals surface area contributed by atoms with E-state index in [1.54, 1.807) is 20.9 Å². The van der Waals surface area contributed by atoms with Gasteiger partial charge in [0.1, 0.15) is 32.7 Å². The lowest BCUT2D eigenvalue weighted by Crippen LogP contribution is -2.45. The van der Waals surface area contributed by atoms with Crippen molar-refractivity contribution in [2.75, 3.05) is 127 Å². The molecule has 0 radical (unpaired) electrons. The fourth-order valence-corrected chi connectivity index (χ4v) is 7.13. The van der Waals surface area contributed by atoms with Crippen molar-refractivity contribution in [3.8, 4) is 0 Å². The number of nitrogens with one attached hydrogen (secondary N) is 6. The number of carbonyl (C=O) groups excluding carboxylic acids is 8. The predicted octanol–water partition coefficient (Wildman–Crippen LogP) is -8.29. The van der Waals surface area contributed by atoms with E-state index >= 15 is 0 Å². The summed E-state index contributed by atoms with van der Waals surface area (Å²) < 4.78 is 9.46. The summed E-state index contributed by atoms with van der Waals surface area (Å²) in [6.45, 7) is 5.96. The molecule has 0 rings (SSSR count). The maximum atomic E-state index is 11.6. The van der Waals surface area contributed by atoms with Crippen molar-refractivity contribution in [1.82, 2.24) is 62.6 Å². The molecule has 42 nitrogen and oxygen atoms in total. The fourth-order valence-electron chi connectivity index (χ4n) is 7.13. The Morgan fingerprint density at radius 2 is 0.577 bits per heavy atom. The molecule has 0 bridgehead atoms. The van der Waals surface area contributed by atoms with Gasteiger partial charge in [-0.15, -0.1) is 0 Å². The van der Waals surface area contributed by atoms with Crippen molar-refractivity contribution >= 4 is 71.4 Å². The van der Waals surface area contributed by atoms with Crippen molar-refractivity contribution in [3.63, 3.8) is 0 Å². The molecular weight excluding hydrogens is 1280 g/mol. The zero-order valence-electron chi connectivity index (χ0n) is 58.1. The van der Waals surface area contributed by atoms with Gasteiger partial charge in [0.25, 0.3) is 0 Å². The smallest absolute Gasteiger partial charge is 0.428 e. The lowest BCUT2D eigenvalue weighted by Gasteiger charge is -2.18. The molecule has 0 heterocycles. The number of hydrogen-bond donors (Lipinski definition) is 22. The van der Waals surface area contributed by atoms with E-state index in [2.05, 4.69) is 32.6 Å². The number of ether oxygens (including phenoxy) is 2. The second-order valence-electron chi connectivity index (χ2n) is 21.8. The number of aliphatic carboxylic acids is 4. The summed E-state index contributed by atoms with van der Waals surface area (Å²) in [5, 5.41) is 41.0. The van der Waals surface area contributed by atoms with Crippen LogP contribution in [0.3, 0.4) is 0 Å². The van der Waals surface area contributed by atoms with Crippen molar-refractivity contribution in [2.24, 2.45) is 68.8 Å². The van der Waals surface area contributed by atoms with E-state index in [-0.39, 0.29) is 156 Å². The molecule has 0 saturated heterocycles. The van der Waals surface area contributed by atoms with Gasteiger partial charge in [-0.05, 0) is 104 Å². The van der Waals surface area contributed by atoms with Gasteiger partial charge in [0.2, 0.25) is 35.4 Å². The van der Waals surface area contributed by atoms with Crippen LogP contribution in [0.1, 0.15) is 117 Å². The topological polar surface area (TPSA) is 708 Å². The second-order valence-corrected chi connectivity index (χ2v) is 21.8. The maximum absolute atomic E-state index is 11.6. The Hall–Kier alpha value is -7.24. The van der Waals surface area contributed by atoms with E-state index in [0.717, 1.165) is 43.5 Å². The van der Waals surface area contributed by atoms with E-state index in [4.69, 9.17) is 98.7 Å². The molecule has 0 fully saturated rings. The van der Waals surface area contributed by atoms with Crippen LogP contribution < -0.4 is 101 Å². The van der Waals surface area contributed by atoms with Crippen LogP contribution >= 0.6 is 0 Å². The number of nitrogens with two attached hydrogens (primary N) is 12. The molecule has 97 heavy (non-hydrogen) atoms. The van der Waals surface area contributed by atoms with Crippen LogP contribution in [0.15, 0.2) is 0 Å². The van der Waals surface area contributed by atoms with Gasteiger partial charge in [-0.1, -0.05) is 6.42 Å². The predicted molar refractivity (Wildman–Crippen MR) is 360 cm³/mol. The number of amides is 7. The van der Waals surface area contributed by atoms with Crippen molar-refractivity contribution in [2.45, 2.75) is 153 Å². The SMILES string of the molecule is CCOC(=O)CN(C)NC(=O)C[C@@H](N)CCCN.CCOC(=O)N(C)NC(=O)C[C@@H](N)CCCN.CN(CC(=O)O)NC(=O)C[C@@H](N)CCCCN.CN(CC(=O)O)NC(=O)C[C@@H](N)CCCN.CN(CC(=O)O)NC(=O)C[C@@H](N)CCN.CN(CC(=O)O)NC(=O)C[C@@H](N)CN. The number of rotatable bonds is 45. The molecule has 0 saturated carbocycles. The van der Waals surface area contributed by atoms with Crippen LogP contribution in [0.2, 0.25) is 0 Å². The molecule has 0 aliphatic heterocycles. The minimum Gasteiger partial charge on any atom is -0.480 e. The van der Waals surface area contributed by atoms with Crippen molar-refractivity contribution in [3.05, 3.63) is 0 Å². The summed E-state index contributed by atoms with van der Waals surface area (Å²) in [6, 6.07) is -1.57. The lowest BCUT2D eigenvalue weighted by atomic mass is 10.1. The minimum absolute atomic E-state index is 0.0115. The summed E-state index contributed by atoms with van der Waals surface area (Å²) >= 11 is 0. The highest BCUT2D eigenvalue weighted by Crippen LogP contribution is 2.03. The average Bonchev–Trinajstić information content (AvgIpc) is 2.08. The number of esters is 1. The highest BCUT2D eigenvalue weighted by Gasteiger charge is 2.19. The Balaban J connectivity index is -0.000000257. The Labute approximate surface area is 569 Å². The molecule has 0 aromatic heterocycles. The first-order chi connectivity index (χ1) is 45.3. The molecule has 7 amide bonds. The molecule has 0 spiro atoms. The third-order valence-corrected chi connectivity index (χ3v) is 11.5. The third-order valence-electron chi connectivity index (χ3n) is 11.5. The van der Waals surface area contributed by atoms with Crippen molar-refractivity contribution in [1.29, 1.82) is 0 Å². The summed E-state index contributed by atoms with van der Waals surface area (Å²) in [6.07, 6.45) is 7.90. The first kappa shape index (κ1) is 101. The molecule has 0 aromatic rings. The van der Waals surface area contributed by atoms with Crippen LogP contribution in [0.5, 0.6) is 0 Å². The number of carboxylic acids is 4. The van der Waals surface area contributed by atoms with E-state index in [1.807, 2.05) is 0 Å². The average molecular weight is 1410 g/mol. The lowest BCUT2D eigenvalue weighted by molar-refractivity contribution is -0.146. The van der Waals surface area contributed by atoms with Gasteiger partial charge in [-0.3, -0.25) is 85.3 Å². The Kier molecular flexibility index (Phi) is 68.6. The molecule has 42 heteroatoms. The monoisotopic (exact) mass is 1410 g/mol. The number of likely N-dealkylation sites (N-methyl/N-ethyl adjacent to an activating group) is 5. The summed E-state index contributed by atoms with van der Waals surface area (Å²) in [4.78, 5) is 132. The minimum atomic E-state index is -1.02. The highest BCUT2D eigenvalue weighted by molar-refractivity contribution is 5.80. The summed E-state index contributed by atoms with van der Waals surface area (Å²) in [5.41, 5.74) is 80.3. The Bertz CT molecular complexity index is 2170. The van der Waals surface area contributed by atoms with Crippen LogP contribution in [0, 0.1) is 0 Å². The molecule has 6 atom stereocenters. The number of hydrazine groups is 6. The largest absolute Gasteiger partial charge is 0.480 e. The second kappa shape index (κ2) is 66.0. The van der Waals surface area contributed by atoms with Crippen molar-refractivity contribution < 1.29 is 87.4 Å². The molecule has 0 aromatic carbocycles. The van der Waals surface area contributed by atoms with Crippen LogP contribution in [-0.4, -0.2) is 286 Å². The van der Waals surface area contributed by atoms with E-state index in [9.17, 15) is 57.5 Å². The van der Waals surface area contributed by atoms with E-state index in [0.29, 0.717) is 65.0 Å². The molecule has 0 unspecified atom stereocenters.